The van der Waals surface area contributed by atoms with Gasteiger partial charge >= 0.3 is 0 Å². The molecule has 142 valence electrons. The van der Waals surface area contributed by atoms with E-state index in [1.165, 1.54) is 5.56 Å². The molecule has 0 bridgehead atoms. The highest BCUT2D eigenvalue weighted by Gasteiger charge is 2.18. The molecule has 0 radical (unpaired) electrons. The fraction of sp³-hybridized carbons (Fsp3) is 0.333. The number of benzene rings is 2. The Morgan fingerprint density at radius 1 is 1.22 bits per heavy atom. The van der Waals surface area contributed by atoms with Crippen LogP contribution in [0.1, 0.15) is 30.8 Å². The molecule has 2 aromatic carbocycles. The van der Waals surface area contributed by atoms with Gasteiger partial charge in [0.05, 0.1) is 17.1 Å². The van der Waals surface area contributed by atoms with Gasteiger partial charge in [-0.25, -0.2) is 4.98 Å². The molecule has 0 unspecified atom stereocenters. The highest BCUT2D eigenvalue weighted by Crippen LogP contribution is 2.20. The quantitative estimate of drug-likeness (QED) is 0.583. The lowest BCUT2D eigenvalue weighted by Gasteiger charge is -2.16. The van der Waals surface area contributed by atoms with Gasteiger partial charge in [0.2, 0.25) is 0 Å². The van der Waals surface area contributed by atoms with Crippen molar-refractivity contribution in [2.24, 2.45) is 0 Å². The lowest BCUT2D eigenvalue weighted by molar-refractivity contribution is -0.123. The molecule has 1 aromatic heterocycles. The van der Waals surface area contributed by atoms with Gasteiger partial charge in [-0.05, 0) is 54.7 Å². The minimum absolute atomic E-state index is 0.0124. The van der Waals surface area contributed by atoms with Gasteiger partial charge in [-0.1, -0.05) is 31.2 Å². The number of aromatic amines is 1. The van der Waals surface area contributed by atoms with Crippen LogP contribution in [-0.4, -0.2) is 34.5 Å². The maximum Gasteiger partial charge on any atom is 0.258 e. The predicted octanol–water partition coefficient (Wildman–Crippen LogP) is 4.11. The summed E-state index contributed by atoms with van der Waals surface area (Å²) in [5.74, 6) is 2.26. The summed E-state index contributed by atoms with van der Waals surface area (Å²) < 4.78 is 5.62. The molecule has 0 fully saturated rings. The molecule has 27 heavy (non-hydrogen) atoms. The van der Waals surface area contributed by atoms with E-state index in [-0.39, 0.29) is 18.6 Å². The number of carbonyl (C=O) groups excluding carboxylic acids is 1. The number of ether oxygens (including phenoxy) is 1. The van der Waals surface area contributed by atoms with Gasteiger partial charge in [0.15, 0.2) is 6.61 Å². The van der Waals surface area contributed by atoms with Gasteiger partial charge in [-0.2, -0.15) is 11.8 Å². The Hall–Kier alpha value is -2.47. The lowest BCUT2D eigenvalue weighted by atomic mass is 10.2. The van der Waals surface area contributed by atoms with Gasteiger partial charge in [-0.15, -0.1) is 0 Å². The smallest absolute Gasteiger partial charge is 0.258 e. The van der Waals surface area contributed by atoms with E-state index in [4.69, 9.17) is 4.74 Å². The van der Waals surface area contributed by atoms with Crippen molar-refractivity contribution in [2.75, 3.05) is 18.6 Å². The first-order valence-electron chi connectivity index (χ1n) is 9.14. The van der Waals surface area contributed by atoms with Crippen molar-refractivity contribution in [3.8, 4) is 5.75 Å². The molecular weight excluding hydrogens is 358 g/mol. The Kier molecular flexibility index (Phi) is 6.76. The van der Waals surface area contributed by atoms with Crippen LogP contribution in [0.2, 0.25) is 0 Å². The van der Waals surface area contributed by atoms with Crippen molar-refractivity contribution in [1.82, 2.24) is 15.3 Å². The molecule has 0 saturated heterocycles. The number of nitrogens with one attached hydrogen (secondary N) is 2. The summed E-state index contributed by atoms with van der Waals surface area (Å²) >= 11 is 1.75. The second kappa shape index (κ2) is 9.46. The molecule has 3 rings (SSSR count). The third-order valence-corrected chi connectivity index (χ3v) is 5.03. The molecule has 0 aliphatic rings. The summed E-state index contributed by atoms with van der Waals surface area (Å²) in [6.45, 7) is 2.09. The summed E-state index contributed by atoms with van der Waals surface area (Å²) in [7, 11) is 0. The second-order valence-electron chi connectivity index (χ2n) is 6.33. The Labute approximate surface area is 163 Å². The number of nitrogens with zero attached hydrogens (tertiary/aromatic N) is 1. The van der Waals surface area contributed by atoms with Gasteiger partial charge < -0.3 is 15.0 Å². The van der Waals surface area contributed by atoms with Crippen molar-refractivity contribution >= 4 is 28.7 Å². The topological polar surface area (TPSA) is 67.0 Å². The highest BCUT2D eigenvalue weighted by atomic mass is 32.2. The van der Waals surface area contributed by atoms with E-state index in [1.807, 2.05) is 48.5 Å². The number of carbonyl (C=O) groups is 1. The van der Waals surface area contributed by atoms with Crippen LogP contribution in [0.5, 0.6) is 5.75 Å². The normalized spacial score (nSPS) is 12.1. The van der Waals surface area contributed by atoms with Crippen molar-refractivity contribution < 1.29 is 9.53 Å². The largest absolute Gasteiger partial charge is 0.484 e. The van der Waals surface area contributed by atoms with Crippen molar-refractivity contribution in [2.45, 2.75) is 25.8 Å². The first-order valence-corrected chi connectivity index (χ1v) is 10.5. The van der Waals surface area contributed by atoms with Crippen LogP contribution in [0.4, 0.5) is 0 Å². The number of aryl methyl sites for hydroxylation is 1. The molecule has 3 aromatic rings. The van der Waals surface area contributed by atoms with Crippen LogP contribution < -0.4 is 10.1 Å². The van der Waals surface area contributed by atoms with E-state index < -0.39 is 0 Å². The Morgan fingerprint density at radius 2 is 2.00 bits per heavy atom. The van der Waals surface area contributed by atoms with Crippen LogP contribution >= 0.6 is 11.8 Å². The van der Waals surface area contributed by atoms with Crippen LogP contribution in [0.3, 0.4) is 0 Å². The van der Waals surface area contributed by atoms with Crippen molar-refractivity contribution in [3.63, 3.8) is 0 Å². The second-order valence-corrected chi connectivity index (χ2v) is 7.31. The third-order valence-electron chi connectivity index (χ3n) is 4.39. The zero-order valence-corrected chi connectivity index (χ0v) is 16.5. The number of para-hydroxylation sites is 2. The number of hydrogen-bond donors (Lipinski definition) is 2. The Balaban J connectivity index is 1.63. The average Bonchev–Trinajstić information content (AvgIpc) is 3.14. The van der Waals surface area contributed by atoms with E-state index in [9.17, 15) is 4.79 Å². The summed E-state index contributed by atoms with van der Waals surface area (Å²) in [6, 6.07) is 15.5. The maximum atomic E-state index is 12.4. The Bertz CT molecular complexity index is 844. The third kappa shape index (κ3) is 5.26. The van der Waals surface area contributed by atoms with E-state index in [0.717, 1.165) is 35.5 Å². The average molecular weight is 384 g/mol. The highest BCUT2D eigenvalue weighted by molar-refractivity contribution is 7.98. The standard InChI is InChI=1S/C21H25N3O2S/c1-3-15-8-10-16(11-9-15)26-14-20(25)22-19(12-13-27-2)21-23-17-6-4-5-7-18(17)24-21/h4-11,19H,3,12-14H2,1-2H3,(H,22,25)(H,23,24)/t19-/m0/s1. The maximum absolute atomic E-state index is 12.4. The van der Waals surface area contributed by atoms with E-state index in [1.54, 1.807) is 11.8 Å². The van der Waals surface area contributed by atoms with Crippen molar-refractivity contribution in [1.29, 1.82) is 0 Å². The molecule has 0 saturated carbocycles. The predicted molar refractivity (Wildman–Crippen MR) is 111 cm³/mol. The first kappa shape index (κ1) is 19.3. The van der Waals surface area contributed by atoms with E-state index in [2.05, 4.69) is 28.5 Å². The molecule has 0 aliphatic heterocycles. The molecule has 1 heterocycles. The molecule has 1 atom stereocenters. The zero-order chi connectivity index (χ0) is 19.1. The van der Waals surface area contributed by atoms with E-state index >= 15 is 0 Å². The molecular formula is C21H25N3O2S. The molecule has 1 amide bonds. The number of amides is 1. The number of hydrogen-bond acceptors (Lipinski definition) is 4. The summed E-state index contributed by atoms with van der Waals surface area (Å²) in [6.07, 6.45) is 3.84. The monoisotopic (exact) mass is 383 g/mol. The van der Waals surface area contributed by atoms with Crippen LogP contribution in [0.15, 0.2) is 48.5 Å². The first-order chi connectivity index (χ1) is 13.2. The van der Waals surface area contributed by atoms with Gasteiger partial charge in [-0.3, -0.25) is 4.79 Å². The lowest BCUT2D eigenvalue weighted by Crippen LogP contribution is -2.33. The van der Waals surface area contributed by atoms with Gasteiger partial charge in [0, 0.05) is 0 Å². The fourth-order valence-electron chi connectivity index (χ4n) is 2.86. The SMILES string of the molecule is CCc1ccc(OCC(=O)N[C@@H](CCSC)c2nc3ccccc3[nH]2)cc1. The van der Waals surface area contributed by atoms with E-state index in [0.29, 0.717) is 5.75 Å². The molecule has 5 nitrogen and oxygen atoms in total. The number of fused-ring (bicyclic) bond motifs is 1. The molecule has 6 heteroatoms. The number of rotatable bonds is 9. The van der Waals surface area contributed by atoms with Gasteiger partial charge in [0.1, 0.15) is 11.6 Å². The molecule has 0 spiro atoms. The van der Waals surface area contributed by atoms with Crippen LogP contribution in [0, 0.1) is 0 Å². The molecule has 2 N–H and O–H groups in total. The molecule has 0 aliphatic carbocycles. The summed E-state index contributed by atoms with van der Waals surface area (Å²) in [4.78, 5) is 20.4. The van der Waals surface area contributed by atoms with Crippen molar-refractivity contribution in [3.05, 3.63) is 59.9 Å². The van der Waals surface area contributed by atoms with Gasteiger partial charge in [0.25, 0.3) is 5.91 Å². The summed E-state index contributed by atoms with van der Waals surface area (Å²) in [5.41, 5.74) is 3.13. The zero-order valence-electron chi connectivity index (χ0n) is 15.7. The minimum atomic E-state index is -0.164. The Morgan fingerprint density at radius 3 is 2.70 bits per heavy atom. The van der Waals surface area contributed by atoms with Crippen LogP contribution in [-0.2, 0) is 11.2 Å². The number of H-pyrrole nitrogens is 1. The number of thioether (sulfide) groups is 1. The van der Waals surface area contributed by atoms with Crippen LogP contribution in [0.25, 0.3) is 11.0 Å². The number of imidazole rings is 1. The minimum Gasteiger partial charge on any atom is -0.484 e. The summed E-state index contributed by atoms with van der Waals surface area (Å²) in [5, 5.41) is 3.05. The number of aromatic nitrogens is 2. The fourth-order valence-corrected chi connectivity index (χ4v) is 3.33.